The molecule has 96 valence electrons. The van der Waals surface area contributed by atoms with Gasteiger partial charge >= 0.3 is 0 Å². The van der Waals surface area contributed by atoms with E-state index in [0.29, 0.717) is 17.8 Å². The molecule has 1 atom stereocenters. The Morgan fingerprint density at radius 2 is 2.28 bits per heavy atom. The van der Waals surface area contributed by atoms with Crippen molar-refractivity contribution in [2.45, 2.75) is 26.0 Å². The average molecular weight is 270 g/mol. The maximum atomic E-state index is 13.1. The van der Waals surface area contributed by atoms with Crippen molar-refractivity contribution in [3.8, 4) is 0 Å². The number of hydrogen-bond acceptors (Lipinski definition) is 3. The number of benzene rings is 1. The number of nitrogens with zero attached hydrogens (tertiary/aromatic N) is 3. The minimum Gasteiger partial charge on any atom is -0.382 e. The van der Waals surface area contributed by atoms with E-state index >= 15 is 0 Å². The topological polar surface area (TPSA) is 50.9 Å². The molecule has 0 aliphatic heterocycles. The van der Waals surface area contributed by atoms with Gasteiger partial charge in [0.25, 0.3) is 0 Å². The van der Waals surface area contributed by atoms with Crippen molar-refractivity contribution in [3.05, 3.63) is 46.5 Å². The first kappa shape index (κ1) is 13.0. The first-order valence-corrected chi connectivity index (χ1v) is 6.02. The first-order valence-electron chi connectivity index (χ1n) is 5.65. The highest BCUT2D eigenvalue weighted by molar-refractivity contribution is 6.30. The van der Waals surface area contributed by atoms with Crippen LogP contribution in [-0.2, 0) is 6.54 Å². The van der Waals surface area contributed by atoms with Crippen LogP contribution in [0, 0.1) is 5.82 Å². The van der Waals surface area contributed by atoms with Crippen molar-refractivity contribution in [3.63, 3.8) is 0 Å². The summed E-state index contributed by atoms with van der Waals surface area (Å²) in [5.74, 6) is -0.507. The Hall–Kier alpha value is -1.46. The zero-order valence-corrected chi connectivity index (χ0v) is 10.6. The molecule has 1 heterocycles. The van der Waals surface area contributed by atoms with Gasteiger partial charge in [0.05, 0.1) is 16.9 Å². The molecule has 1 N–H and O–H groups in total. The van der Waals surface area contributed by atoms with Gasteiger partial charge in [-0.05, 0) is 24.1 Å². The molecule has 2 rings (SSSR count). The van der Waals surface area contributed by atoms with Crippen molar-refractivity contribution < 1.29 is 9.50 Å². The first-order chi connectivity index (χ1) is 8.63. The summed E-state index contributed by atoms with van der Waals surface area (Å²) in [6.07, 6.45) is 1.47. The highest BCUT2D eigenvalue weighted by atomic mass is 35.5. The third kappa shape index (κ3) is 2.52. The van der Waals surface area contributed by atoms with Gasteiger partial charge in [0.1, 0.15) is 11.9 Å². The van der Waals surface area contributed by atoms with Gasteiger partial charge in [-0.1, -0.05) is 29.8 Å². The molecule has 0 fully saturated rings. The molecule has 2 aromatic rings. The molecular formula is C12H13ClFN3O. The Morgan fingerprint density at radius 3 is 2.94 bits per heavy atom. The molecule has 6 heteroatoms. The molecule has 1 aromatic carbocycles. The van der Waals surface area contributed by atoms with Crippen molar-refractivity contribution in [2.24, 2.45) is 0 Å². The van der Waals surface area contributed by atoms with E-state index in [9.17, 15) is 9.50 Å². The van der Waals surface area contributed by atoms with Crippen molar-refractivity contribution in [2.75, 3.05) is 0 Å². The largest absolute Gasteiger partial charge is 0.382 e. The predicted molar refractivity (Wildman–Crippen MR) is 65.8 cm³/mol. The van der Waals surface area contributed by atoms with Gasteiger partial charge in [-0.15, -0.1) is 5.10 Å². The molecule has 4 nitrogen and oxygen atoms in total. The Balaban J connectivity index is 2.32. The molecule has 18 heavy (non-hydrogen) atoms. The van der Waals surface area contributed by atoms with Crippen LogP contribution in [0.1, 0.15) is 30.7 Å². The van der Waals surface area contributed by atoms with Gasteiger partial charge in [0.2, 0.25) is 0 Å². The molecule has 0 aliphatic rings. The van der Waals surface area contributed by atoms with Crippen molar-refractivity contribution in [1.82, 2.24) is 15.0 Å². The van der Waals surface area contributed by atoms with E-state index in [1.54, 1.807) is 4.68 Å². The van der Waals surface area contributed by atoms with E-state index < -0.39 is 11.9 Å². The van der Waals surface area contributed by atoms with Crippen LogP contribution in [0.3, 0.4) is 0 Å². The summed E-state index contributed by atoms with van der Waals surface area (Å²) in [5, 5.41) is 17.9. The van der Waals surface area contributed by atoms with Crippen LogP contribution in [0.25, 0.3) is 0 Å². The average Bonchev–Trinajstić information content (AvgIpc) is 2.80. The normalized spacial score (nSPS) is 12.7. The van der Waals surface area contributed by atoms with Gasteiger partial charge in [-0.3, -0.25) is 0 Å². The number of hydrogen-bond donors (Lipinski definition) is 1. The highest BCUT2D eigenvalue weighted by Crippen LogP contribution is 2.25. The van der Waals surface area contributed by atoms with Gasteiger partial charge in [-0.25, -0.2) is 9.07 Å². The monoisotopic (exact) mass is 269 g/mol. The maximum Gasteiger partial charge on any atom is 0.141 e. The maximum absolute atomic E-state index is 13.1. The van der Waals surface area contributed by atoms with Crippen LogP contribution < -0.4 is 0 Å². The molecule has 1 unspecified atom stereocenters. The lowest BCUT2D eigenvalue weighted by Gasteiger charge is -2.12. The standard InChI is InChI=1S/C12H13ClFN3O/c1-2-5-17-11(7-15-16-17)12(18)8-3-4-10(14)9(13)6-8/h3-4,6-7,12,18H,2,5H2,1H3. The van der Waals surface area contributed by atoms with Gasteiger partial charge in [-0.2, -0.15) is 0 Å². The molecule has 0 amide bonds. The number of aliphatic hydroxyl groups excluding tert-OH is 1. The minimum atomic E-state index is -0.912. The summed E-state index contributed by atoms with van der Waals surface area (Å²) in [6.45, 7) is 2.67. The zero-order valence-electron chi connectivity index (χ0n) is 9.85. The van der Waals surface area contributed by atoms with Gasteiger partial charge < -0.3 is 5.11 Å². The van der Waals surface area contributed by atoms with E-state index in [1.165, 1.54) is 24.4 Å². The summed E-state index contributed by atoms with van der Waals surface area (Å²) in [5.41, 5.74) is 1.08. The van der Waals surface area contributed by atoms with Crippen LogP contribution in [0.15, 0.2) is 24.4 Å². The molecule has 1 aromatic heterocycles. The van der Waals surface area contributed by atoms with Crippen molar-refractivity contribution >= 4 is 11.6 Å². The molecule has 0 saturated heterocycles. The van der Waals surface area contributed by atoms with Crippen LogP contribution in [0.2, 0.25) is 5.02 Å². The number of aryl methyl sites for hydroxylation is 1. The second-order valence-corrected chi connectivity index (χ2v) is 4.37. The summed E-state index contributed by atoms with van der Waals surface area (Å²) in [6, 6.07) is 4.13. The summed E-state index contributed by atoms with van der Waals surface area (Å²) >= 11 is 5.70. The fraction of sp³-hybridized carbons (Fsp3) is 0.333. The lowest BCUT2D eigenvalue weighted by atomic mass is 10.1. The molecule has 0 saturated carbocycles. The fourth-order valence-corrected chi connectivity index (χ4v) is 1.91. The lowest BCUT2D eigenvalue weighted by Crippen LogP contribution is -2.10. The lowest BCUT2D eigenvalue weighted by molar-refractivity contribution is 0.207. The smallest absolute Gasteiger partial charge is 0.141 e. The molecule has 0 aliphatic carbocycles. The molecular weight excluding hydrogens is 257 g/mol. The summed E-state index contributed by atoms with van der Waals surface area (Å²) in [4.78, 5) is 0. The van der Waals surface area contributed by atoms with Gasteiger partial charge in [0, 0.05) is 6.54 Å². The van der Waals surface area contributed by atoms with Crippen LogP contribution in [0.5, 0.6) is 0 Å². The van der Waals surface area contributed by atoms with E-state index in [-0.39, 0.29) is 5.02 Å². The van der Waals surface area contributed by atoms with Crippen LogP contribution >= 0.6 is 11.6 Å². The quantitative estimate of drug-likeness (QED) is 0.928. The molecule has 0 bridgehead atoms. The molecule has 0 spiro atoms. The van der Waals surface area contributed by atoms with E-state index in [2.05, 4.69) is 10.3 Å². The number of halogens is 2. The Bertz CT molecular complexity index is 544. The van der Waals surface area contributed by atoms with Crippen molar-refractivity contribution in [1.29, 1.82) is 0 Å². The fourth-order valence-electron chi connectivity index (χ4n) is 1.72. The highest BCUT2D eigenvalue weighted by Gasteiger charge is 2.17. The zero-order chi connectivity index (χ0) is 13.1. The summed E-state index contributed by atoms with van der Waals surface area (Å²) < 4.78 is 14.7. The second kappa shape index (κ2) is 5.46. The van der Waals surface area contributed by atoms with Crippen LogP contribution in [0.4, 0.5) is 4.39 Å². The summed E-state index contributed by atoms with van der Waals surface area (Å²) in [7, 11) is 0. The minimum absolute atomic E-state index is 0.0129. The van der Waals surface area contributed by atoms with E-state index in [4.69, 9.17) is 11.6 Å². The van der Waals surface area contributed by atoms with Crippen LogP contribution in [-0.4, -0.2) is 20.1 Å². The third-order valence-corrected chi connectivity index (χ3v) is 2.91. The molecule has 0 radical (unpaired) electrons. The number of aliphatic hydroxyl groups is 1. The Labute approximate surface area is 109 Å². The van der Waals surface area contributed by atoms with Gasteiger partial charge in [0.15, 0.2) is 0 Å². The number of aromatic nitrogens is 3. The Kier molecular flexibility index (Phi) is 3.93. The third-order valence-electron chi connectivity index (χ3n) is 2.62. The predicted octanol–water partition coefficient (Wildman–Crippen LogP) is 2.56. The van der Waals surface area contributed by atoms with E-state index in [0.717, 1.165) is 6.42 Å². The second-order valence-electron chi connectivity index (χ2n) is 3.96. The SMILES string of the molecule is CCCn1nncc1C(O)c1ccc(F)c(Cl)c1. The van der Waals surface area contributed by atoms with E-state index in [1.807, 2.05) is 6.92 Å². The number of rotatable bonds is 4. The Morgan fingerprint density at radius 1 is 1.50 bits per heavy atom.